The van der Waals surface area contributed by atoms with Crippen molar-refractivity contribution in [2.75, 3.05) is 65.6 Å². The van der Waals surface area contributed by atoms with Gasteiger partial charge in [-0.25, -0.2) is 4.57 Å². The SMILES string of the molecule is CCCCCCCCCCCCCCCC(=O)OC[C@H](COP(=O)(O)OCCNC(=O)CCCC(C(=O)O)N1CCN(CC(=O)O)Cc2cccc(n2)CN(CC(=O)O)CC1)OC(=O)CCCCCCCCCCCCCCC. The molecule has 79 heavy (non-hydrogen) atoms. The number of carboxylic acids is 3. The molecular weight excluding hydrogens is 1040 g/mol. The topological polar surface area (TPSA) is 272 Å². The third kappa shape index (κ3) is 39.1. The minimum absolute atomic E-state index is 0.0390. The van der Waals surface area contributed by atoms with Crippen molar-refractivity contribution < 1.29 is 72.1 Å². The number of nitrogens with one attached hydrogen (secondary N) is 1. The number of esters is 2. The number of unbranched alkanes of at least 4 members (excludes halogenated alkanes) is 24. The first-order valence-corrected chi connectivity index (χ1v) is 31.6. The summed E-state index contributed by atoms with van der Waals surface area (Å²) < 4.78 is 34.3. The standard InChI is InChI=1S/C58H102N5O15P/c1-3-5-7-9-11-13-15-17-19-21-23-25-27-35-56(69)75-47-51(78-57(70)36-28-26-24-22-20-18-16-14-12-10-8-6-4-2)48-77-79(73,74)76-42-37-59-53(64)34-30-33-52(58(71)72)63-40-38-61(45-54(65)66)43-49-31-29-32-50(60-49)44-62(39-41-63)46-55(67)68/h29,31-32,51-52H,3-28,30,33-48H2,1-2H3,(H,59,64)(H,65,66)(H,67,68)(H,71,72)(H,73,74)/t51-,52?/m1/s1. The van der Waals surface area contributed by atoms with Gasteiger partial charge in [-0.15, -0.1) is 0 Å². The number of carbonyl (C=O) groups excluding carboxylic acids is 3. The van der Waals surface area contributed by atoms with Crippen molar-refractivity contribution in [3.8, 4) is 0 Å². The number of amides is 1. The van der Waals surface area contributed by atoms with Crippen molar-refractivity contribution in [1.82, 2.24) is 25.0 Å². The Labute approximate surface area is 472 Å². The highest BCUT2D eigenvalue weighted by molar-refractivity contribution is 7.47. The van der Waals surface area contributed by atoms with Gasteiger partial charge in [-0.3, -0.25) is 57.5 Å². The average Bonchev–Trinajstić information content (AvgIpc) is 3.40. The van der Waals surface area contributed by atoms with E-state index in [9.17, 15) is 53.5 Å². The maximum absolute atomic E-state index is 12.9. The van der Waals surface area contributed by atoms with Crippen molar-refractivity contribution in [2.45, 2.75) is 238 Å². The van der Waals surface area contributed by atoms with Gasteiger partial charge in [0, 0.05) is 65.1 Å². The number of rotatable bonds is 48. The fourth-order valence-corrected chi connectivity index (χ4v) is 10.5. The Bertz CT molecular complexity index is 1840. The molecule has 0 saturated heterocycles. The van der Waals surface area contributed by atoms with Crippen LogP contribution in [0.2, 0.25) is 0 Å². The van der Waals surface area contributed by atoms with Crippen LogP contribution in [-0.4, -0.2) is 153 Å². The molecule has 0 aliphatic carbocycles. The number of aromatic nitrogens is 1. The summed E-state index contributed by atoms with van der Waals surface area (Å²) in [5.41, 5.74) is 1.18. The largest absolute Gasteiger partial charge is 0.480 e. The van der Waals surface area contributed by atoms with E-state index < -0.39 is 68.9 Å². The molecule has 0 spiro atoms. The van der Waals surface area contributed by atoms with Gasteiger partial charge >= 0.3 is 37.7 Å². The van der Waals surface area contributed by atoms with Crippen molar-refractivity contribution in [3.05, 3.63) is 29.6 Å². The zero-order valence-electron chi connectivity index (χ0n) is 48.3. The van der Waals surface area contributed by atoms with Crippen molar-refractivity contribution in [2.24, 2.45) is 0 Å². The van der Waals surface area contributed by atoms with Gasteiger partial charge in [-0.2, -0.15) is 0 Å². The molecule has 2 bridgehead atoms. The highest BCUT2D eigenvalue weighted by Crippen LogP contribution is 2.43. The van der Waals surface area contributed by atoms with Crippen molar-refractivity contribution in [1.29, 1.82) is 0 Å². The van der Waals surface area contributed by atoms with E-state index in [1.165, 1.54) is 116 Å². The number of carbonyl (C=O) groups is 6. The quantitative estimate of drug-likeness (QED) is 0.0230. The second-order valence-electron chi connectivity index (χ2n) is 21.3. The van der Waals surface area contributed by atoms with Gasteiger partial charge in [-0.05, 0) is 37.8 Å². The normalized spacial score (nSPS) is 15.3. The Morgan fingerprint density at radius 2 is 1.03 bits per heavy atom. The van der Waals surface area contributed by atoms with Crippen LogP contribution in [0.15, 0.2) is 18.2 Å². The Balaban J connectivity index is 1.86. The number of hydrogen-bond donors (Lipinski definition) is 5. The third-order valence-corrected chi connectivity index (χ3v) is 15.2. The predicted octanol–water partition coefficient (Wildman–Crippen LogP) is 10.5. The molecule has 1 aromatic rings. The molecule has 1 aromatic heterocycles. The number of nitrogens with zero attached hydrogens (tertiary/aromatic N) is 4. The van der Waals surface area contributed by atoms with Crippen LogP contribution in [0.1, 0.15) is 224 Å². The van der Waals surface area contributed by atoms with E-state index in [4.69, 9.17) is 18.5 Å². The molecule has 1 amide bonds. The Kier molecular flexibility index (Phi) is 41.0. The van der Waals surface area contributed by atoms with Crippen molar-refractivity contribution >= 4 is 43.6 Å². The van der Waals surface area contributed by atoms with Gasteiger partial charge in [0.25, 0.3) is 0 Å². The molecule has 0 fully saturated rings. The Morgan fingerprint density at radius 1 is 0.582 bits per heavy atom. The maximum atomic E-state index is 12.9. The Hall–Kier alpha value is -4.04. The van der Waals surface area contributed by atoms with E-state index in [2.05, 4.69) is 24.1 Å². The lowest BCUT2D eigenvalue weighted by molar-refractivity contribution is -0.161. The lowest BCUT2D eigenvalue weighted by Gasteiger charge is -2.33. The molecular formula is C58H102N5O15P. The molecule has 0 radical (unpaired) electrons. The van der Waals surface area contributed by atoms with E-state index in [1.807, 2.05) is 0 Å². The summed E-state index contributed by atoms with van der Waals surface area (Å²) in [4.78, 5) is 94.7. The number of fused-ring (bicyclic) bond motifs is 2. The first-order chi connectivity index (χ1) is 38.1. The second kappa shape index (κ2) is 45.6. The fourth-order valence-electron chi connectivity index (χ4n) is 9.70. The average molecular weight is 1140 g/mol. The summed E-state index contributed by atoms with van der Waals surface area (Å²) in [5.74, 6) is -4.75. The summed E-state index contributed by atoms with van der Waals surface area (Å²) >= 11 is 0. The number of phosphoric ester groups is 1. The van der Waals surface area contributed by atoms with Gasteiger partial charge in [0.1, 0.15) is 12.6 Å². The number of aliphatic carboxylic acids is 3. The molecule has 5 N–H and O–H groups in total. The summed E-state index contributed by atoms with van der Waals surface area (Å²) in [7, 11) is -4.74. The molecule has 21 heteroatoms. The van der Waals surface area contributed by atoms with Crippen LogP contribution in [0.5, 0.6) is 0 Å². The summed E-state index contributed by atoms with van der Waals surface area (Å²) in [6.45, 7) is 3.27. The van der Waals surface area contributed by atoms with Crippen LogP contribution in [0.25, 0.3) is 0 Å². The second-order valence-corrected chi connectivity index (χ2v) is 22.8. The van der Waals surface area contributed by atoms with Crippen LogP contribution >= 0.6 is 7.82 Å². The highest BCUT2D eigenvalue weighted by atomic mass is 31.2. The lowest BCUT2D eigenvalue weighted by atomic mass is 10.0. The predicted molar refractivity (Wildman–Crippen MR) is 303 cm³/mol. The molecule has 0 saturated carbocycles. The van der Waals surface area contributed by atoms with Gasteiger partial charge in [0.2, 0.25) is 5.91 Å². The summed E-state index contributed by atoms with van der Waals surface area (Å²) in [6, 6.07) is 4.19. The molecule has 1 aliphatic heterocycles. The number of hydrogen-bond acceptors (Lipinski definition) is 15. The monoisotopic (exact) mass is 1140 g/mol. The van der Waals surface area contributed by atoms with E-state index in [0.29, 0.717) is 24.2 Å². The van der Waals surface area contributed by atoms with Crippen molar-refractivity contribution in [3.63, 3.8) is 0 Å². The van der Waals surface area contributed by atoms with Gasteiger partial charge < -0.3 is 35.0 Å². The third-order valence-electron chi connectivity index (χ3n) is 14.2. The van der Waals surface area contributed by atoms with E-state index in [0.717, 1.165) is 38.5 Å². The molecule has 3 atom stereocenters. The molecule has 1 aliphatic rings. The molecule has 2 rings (SSSR count). The van der Waals surface area contributed by atoms with E-state index in [-0.39, 0.29) is 97.6 Å². The van der Waals surface area contributed by atoms with Crippen LogP contribution in [0.4, 0.5) is 0 Å². The van der Waals surface area contributed by atoms with Gasteiger partial charge in [-0.1, -0.05) is 174 Å². The van der Waals surface area contributed by atoms with Crippen LogP contribution in [-0.2, 0) is 64.9 Å². The molecule has 2 heterocycles. The molecule has 2 unspecified atom stereocenters. The summed E-state index contributed by atoms with van der Waals surface area (Å²) in [5, 5.41) is 32.1. The number of pyridine rings is 1. The van der Waals surface area contributed by atoms with Gasteiger partial charge in [0.05, 0.1) is 37.7 Å². The molecule has 0 aromatic carbocycles. The Morgan fingerprint density at radius 3 is 1.47 bits per heavy atom. The maximum Gasteiger partial charge on any atom is 0.472 e. The van der Waals surface area contributed by atoms with Crippen LogP contribution < -0.4 is 5.32 Å². The van der Waals surface area contributed by atoms with Crippen LogP contribution in [0.3, 0.4) is 0 Å². The van der Waals surface area contributed by atoms with Crippen LogP contribution in [0, 0.1) is 0 Å². The first-order valence-electron chi connectivity index (χ1n) is 30.1. The first kappa shape index (κ1) is 71.1. The minimum Gasteiger partial charge on any atom is -0.480 e. The fraction of sp³-hybridized carbons (Fsp3) is 0.810. The van der Waals surface area contributed by atoms with Gasteiger partial charge in [0.15, 0.2) is 6.10 Å². The van der Waals surface area contributed by atoms with E-state index >= 15 is 0 Å². The summed E-state index contributed by atoms with van der Waals surface area (Å²) in [6.07, 6.45) is 29.5. The minimum atomic E-state index is -4.74. The smallest absolute Gasteiger partial charge is 0.472 e. The number of phosphoric acid groups is 1. The molecule has 454 valence electrons. The highest BCUT2D eigenvalue weighted by Gasteiger charge is 2.29. The number of carboxylic acid groups (broad SMARTS) is 3. The lowest BCUT2D eigenvalue weighted by Crippen LogP contribution is -2.49. The van der Waals surface area contributed by atoms with E-state index in [1.54, 1.807) is 32.9 Å². The zero-order chi connectivity index (χ0) is 57.8. The zero-order valence-corrected chi connectivity index (χ0v) is 49.2. The molecule has 20 nitrogen and oxygen atoms in total. The number of ether oxygens (including phenoxy) is 2.